The lowest BCUT2D eigenvalue weighted by Crippen LogP contribution is -2.40. The topological polar surface area (TPSA) is 62.5 Å². The molecule has 1 atom stereocenters. The number of nitrogens with zero attached hydrogens (tertiary/aromatic N) is 4. The second kappa shape index (κ2) is 7.00. The molecular formula is C21H22F3N5O. The Morgan fingerprint density at radius 3 is 2.73 bits per heavy atom. The van der Waals surface area contributed by atoms with Crippen LogP contribution in [-0.4, -0.2) is 38.5 Å². The van der Waals surface area contributed by atoms with Crippen LogP contribution in [0.2, 0.25) is 0 Å². The first-order valence-corrected chi connectivity index (χ1v) is 9.59. The van der Waals surface area contributed by atoms with Crippen molar-refractivity contribution in [2.75, 3.05) is 11.4 Å². The molecule has 1 aromatic carbocycles. The second-order valence-corrected chi connectivity index (χ2v) is 8.58. The number of hydrogen-bond acceptors (Lipinski definition) is 4. The van der Waals surface area contributed by atoms with Gasteiger partial charge in [-0.1, -0.05) is 12.1 Å². The van der Waals surface area contributed by atoms with Crippen LogP contribution in [0.5, 0.6) is 0 Å². The molecule has 158 valence electrons. The molecule has 0 radical (unpaired) electrons. The van der Waals surface area contributed by atoms with Crippen molar-refractivity contribution in [3.05, 3.63) is 59.7 Å². The number of nitrogens with one attached hydrogen (secondary N) is 1. The number of alkyl halides is 2. The van der Waals surface area contributed by atoms with Gasteiger partial charge in [-0.3, -0.25) is 4.79 Å². The van der Waals surface area contributed by atoms with E-state index in [2.05, 4.69) is 15.4 Å². The quantitative estimate of drug-likeness (QED) is 0.700. The van der Waals surface area contributed by atoms with Crippen LogP contribution in [0, 0.1) is 5.82 Å². The van der Waals surface area contributed by atoms with Gasteiger partial charge in [-0.15, -0.1) is 0 Å². The molecule has 1 saturated heterocycles. The first-order chi connectivity index (χ1) is 14.0. The van der Waals surface area contributed by atoms with E-state index in [1.54, 1.807) is 18.3 Å². The number of rotatable bonds is 3. The van der Waals surface area contributed by atoms with Crippen molar-refractivity contribution in [1.29, 1.82) is 0 Å². The number of anilines is 1. The summed E-state index contributed by atoms with van der Waals surface area (Å²) in [6, 6.07) is 6.50. The zero-order chi connectivity index (χ0) is 21.7. The van der Waals surface area contributed by atoms with Crippen LogP contribution in [0.25, 0.3) is 5.65 Å². The van der Waals surface area contributed by atoms with Crippen LogP contribution in [-0.2, 0) is 0 Å². The van der Waals surface area contributed by atoms with Crippen LogP contribution >= 0.6 is 0 Å². The fraction of sp³-hybridized carbons (Fsp3) is 0.381. The lowest BCUT2D eigenvalue weighted by atomic mass is 10.0. The summed E-state index contributed by atoms with van der Waals surface area (Å²) in [7, 11) is 0. The van der Waals surface area contributed by atoms with Crippen molar-refractivity contribution in [3.63, 3.8) is 0 Å². The predicted molar refractivity (Wildman–Crippen MR) is 106 cm³/mol. The van der Waals surface area contributed by atoms with Crippen molar-refractivity contribution < 1.29 is 18.0 Å². The normalized spacial score (nSPS) is 18.7. The fourth-order valence-corrected chi connectivity index (χ4v) is 3.66. The van der Waals surface area contributed by atoms with Crippen molar-refractivity contribution in [1.82, 2.24) is 19.9 Å². The summed E-state index contributed by atoms with van der Waals surface area (Å²) in [4.78, 5) is 18.5. The SMILES string of the molecule is CC(C)(C)NC(=O)c1cnn2ccc(N3CC(F)(F)CC3c3cccc(F)c3)nc12. The number of benzene rings is 1. The lowest BCUT2D eigenvalue weighted by Gasteiger charge is -2.25. The van der Waals surface area contributed by atoms with E-state index in [1.165, 1.54) is 33.8 Å². The summed E-state index contributed by atoms with van der Waals surface area (Å²) < 4.78 is 43.8. The molecule has 0 bridgehead atoms. The van der Waals surface area contributed by atoms with Crippen LogP contribution in [0.3, 0.4) is 0 Å². The molecule has 1 aliphatic heterocycles. The molecule has 0 saturated carbocycles. The highest BCUT2D eigenvalue weighted by Gasteiger charge is 2.46. The molecule has 0 spiro atoms. The van der Waals surface area contributed by atoms with Gasteiger partial charge in [0.1, 0.15) is 17.2 Å². The summed E-state index contributed by atoms with van der Waals surface area (Å²) in [5, 5.41) is 6.98. The van der Waals surface area contributed by atoms with Gasteiger partial charge in [-0.05, 0) is 44.5 Å². The van der Waals surface area contributed by atoms with Gasteiger partial charge in [0.2, 0.25) is 0 Å². The monoisotopic (exact) mass is 417 g/mol. The van der Waals surface area contributed by atoms with Gasteiger partial charge in [0, 0.05) is 18.2 Å². The standard InChI is InChI=1S/C21H22F3N5O/c1-20(2,3)27-19(30)15-11-25-29-8-7-17(26-18(15)29)28-12-21(23,24)10-16(28)13-5-4-6-14(22)9-13/h4-9,11,16H,10,12H2,1-3H3,(H,27,30). The first-order valence-electron chi connectivity index (χ1n) is 9.59. The van der Waals surface area contributed by atoms with Gasteiger partial charge in [0.05, 0.1) is 18.8 Å². The Labute approximate surface area is 171 Å². The summed E-state index contributed by atoms with van der Waals surface area (Å²) in [6.07, 6.45) is 2.53. The average Bonchev–Trinajstić information content (AvgIpc) is 3.20. The molecule has 0 aliphatic carbocycles. The summed E-state index contributed by atoms with van der Waals surface area (Å²) in [6.45, 7) is 5.01. The zero-order valence-corrected chi connectivity index (χ0v) is 16.9. The van der Waals surface area contributed by atoms with E-state index in [4.69, 9.17) is 0 Å². The third kappa shape index (κ3) is 3.96. The fourth-order valence-electron chi connectivity index (χ4n) is 3.66. The highest BCUT2D eigenvalue weighted by molar-refractivity contribution is 6.00. The van der Waals surface area contributed by atoms with Gasteiger partial charge in [0.15, 0.2) is 5.65 Å². The minimum Gasteiger partial charge on any atom is -0.347 e. The smallest absolute Gasteiger partial charge is 0.267 e. The molecule has 1 aliphatic rings. The average molecular weight is 417 g/mol. The van der Waals surface area contributed by atoms with E-state index in [1.807, 2.05) is 20.8 Å². The van der Waals surface area contributed by atoms with E-state index >= 15 is 0 Å². The van der Waals surface area contributed by atoms with E-state index < -0.39 is 36.3 Å². The zero-order valence-electron chi connectivity index (χ0n) is 16.9. The van der Waals surface area contributed by atoms with Crippen molar-refractivity contribution in [2.24, 2.45) is 0 Å². The molecular weight excluding hydrogens is 395 g/mol. The van der Waals surface area contributed by atoms with Crippen LogP contribution in [0.1, 0.15) is 49.2 Å². The number of fused-ring (bicyclic) bond motifs is 1. The van der Waals surface area contributed by atoms with Crippen molar-refractivity contribution in [3.8, 4) is 0 Å². The van der Waals surface area contributed by atoms with E-state index in [9.17, 15) is 18.0 Å². The summed E-state index contributed by atoms with van der Waals surface area (Å²) >= 11 is 0. The summed E-state index contributed by atoms with van der Waals surface area (Å²) in [5.41, 5.74) is 0.512. The Balaban J connectivity index is 1.74. The molecule has 3 heterocycles. The molecule has 1 unspecified atom stereocenters. The third-order valence-electron chi connectivity index (χ3n) is 4.89. The number of amides is 1. The largest absolute Gasteiger partial charge is 0.347 e. The third-order valence-corrected chi connectivity index (χ3v) is 4.89. The molecule has 9 heteroatoms. The Bertz CT molecular complexity index is 1110. The first kappa shape index (κ1) is 20.2. The molecule has 30 heavy (non-hydrogen) atoms. The van der Waals surface area contributed by atoms with Crippen LogP contribution < -0.4 is 10.2 Å². The second-order valence-electron chi connectivity index (χ2n) is 8.58. The molecule has 1 N–H and O–H groups in total. The van der Waals surface area contributed by atoms with E-state index in [-0.39, 0.29) is 22.9 Å². The molecule has 1 amide bonds. The van der Waals surface area contributed by atoms with Crippen LogP contribution in [0.15, 0.2) is 42.7 Å². The lowest BCUT2D eigenvalue weighted by molar-refractivity contribution is 0.0222. The minimum absolute atomic E-state index is 0.250. The molecule has 6 nitrogen and oxygen atoms in total. The number of aromatic nitrogens is 3. The van der Waals surface area contributed by atoms with Gasteiger partial charge in [-0.2, -0.15) is 5.10 Å². The maximum Gasteiger partial charge on any atom is 0.267 e. The maximum absolute atomic E-state index is 14.3. The Morgan fingerprint density at radius 2 is 2.03 bits per heavy atom. The minimum atomic E-state index is -2.95. The van der Waals surface area contributed by atoms with Crippen molar-refractivity contribution >= 4 is 17.4 Å². The number of carbonyl (C=O) groups is 1. The van der Waals surface area contributed by atoms with Gasteiger partial charge in [0.25, 0.3) is 11.8 Å². The predicted octanol–water partition coefficient (Wildman–Crippen LogP) is 3.98. The van der Waals surface area contributed by atoms with Gasteiger partial charge in [-0.25, -0.2) is 22.7 Å². The summed E-state index contributed by atoms with van der Waals surface area (Å²) in [5.74, 6) is -3.50. The van der Waals surface area contributed by atoms with Crippen molar-refractivity contribution in [2.45, 2.75) is 44.7 Å². The highest BCUT2D eigenvalue weighted by Crippen LogP contribution is 2.43. The number of halogens is 3. The molecule has 1 fully saturated rings. The Hall–Kier alpha value is -3.10. The Kier molecular flexibility index (Phi) is 4.71. The van der Waals surface area contributed by atoms with E-state index in [0.717, 1.165) is 0 Å². The van der Waals surface area contributed by atoms with Gasteiger partial charge < -0.3 is 10.2 Å². The maximum atomic E-state index is 14.3. The molecule has 4 rings (SSSR count). The number of hydrogen-bond donors (Lipinski definition) is 1. The van der Waals surface area contributed by atoms with Gasteiger partial charge >= 0.3 is 0 Å². The number of carbonyl (C=O) groups excluding carboxylic acids is 1. The highest BCUT2D eigenvalue weighted by atomic mass is 19.3. The molecule has 3 aromatic rings. The Morgan fingerprint density at radius 1 is 1.27 bits per heavy atom. The van der Waals surface area contributed by atoms with E-state index in [0.29, 0.717) is 5.56 Å². The molecule has 2 aromatic heterocycles. The van der Waals surface area contributed by atoms with Crippen LogP contribution in [0.4, 0.5) is 19.0 Å².